The van der Waals surface area contributed by atoms with E-state index in [1.165, 1.54) is 11.6 Å². The number of hydrogen-bond donors (Lipinski definition) is 0. The van der Waals surface area contributed by atoms with Crippen molar-refractivity contribution in [2.75, 3.05) is 22.2 Å². The normalized spacial score (nSPS) is 22.9. The quantitative estimate of drug-likeness (QED) is 0.657. The first-order valence-corrected chi connectivity index (χ1v) is 12.3. The molecule has 2 aromatic rings. The van der Waals surface area contributed by atoms with Gasteiger partial charge in [0, 0.05) is 11.4 Å². The van der Waals surface area contributed by atoms with E-state index in [9.17, 15) is 12.8 Å². The summed E-state index contributed by atoms with van der Waals surface area (Å²) in [4.78, 5) is 6.61. The Labute approximate surface area is 173 Å². The molecule has 4 nitrogen and oxygen atoms in total. The second-order valence-corrected chi connectivity index (χ2v) is 10.7. The van der Waals surface area contributed by atoms with Crippen LogP contribution in [0.15, 0.2) is 53.5 Å². The van der Waals surface area contributed by atoms with Gasteiger partial charge in [0.25, 0.3) is 0 Å². The van der Waals surface area contributed by atoms with Crippen molar-refractivity contribution in [1.82, 2.24) is 0 Å². The second-order valence-electron chi connectivity index (χ2n) is 7.03. The molecule has 0 N–H and O–H groups in total. The van der Waals surface area contributed by atoms with Crippen LogP contribution < -0.4 is 4.90 Å². The lowest BCUT2D eigenvalue weighted by molar-refractivity contribution is 0.601. The zero-order chi connectivity index (χ0) is 19.7. The number of amidine groups is 1. The Kier molecular flexibility index (Phi) is 5.67. The Balaban J connectivity index is 1.49. The van der Waals surface area contributed by atoms with E-state index < -0.39 is 15.7 Å². The molecule has 2 atom stereocenters. The van der Waals surface area contributed by atoms with Crippen molar-refractivity contribution >= 4 is 44.1 Å². The van der Waals surface area contributed by atoms with Crippen molar-refractivity contribution in [3.8, 4) is 0 Å². The number of aryl methyl sites for hydroxylation is 1. The van der Waals surface area contributed by atoms with Crippen molar-refractivity contribution in [1.29, 1.82) is 0 Å². The number of rotatable bonds is 5. The van der Waals surface area contributed by atoms with E-state index in [0.717, 1.165) is 23.8 Å². The van der Waals surface area contributed by atoms with Gasteiger partial charge in [0.1, 0.15) is 5.82 Å². The standard InChI is InChI=1S/C20H20ClFN2O2S2/c21-16-11-15(8-9-17(16)22)24-19-13-28(25,26)12-18(19)23-20(24)27-10-4-7-14-5-2-1-3-6-14/h1-3,5-6,8-9,11,18-19H,4,7,10,12-13H2/t18-,19-/m1/s1. The molecule has 0 unspecified atom stereocenters. The van der Waals surface area contributed by atoms with Crippen molar-refractivity contribution in [3.63, 3.8) is 0 Å². The van der Waals surface area contributed by atoms with Gasteiger partial charge in [-0.1, -0.05) is 53.7 Å². The third kappa shape index (κ3) is 4.21. The number of sulfone groups is 1. The third-order valence-corrected chi connectivity index (χ3v) is 8.01. The molecule has 8 heteroatoms. The Morgan fingerprint density at radius 1 is 1.18 bits per heavy atom. The lowest BCUT2D eigenvalue weighted by Gasteiger charge is -2.26. The summed E-state index contributed by atoms with van der Waals surface area (Å²) in [6.07, 6.45) is 1.96. The molecule has 0 aliphatic carbocycles. The number of benzene rings is 2. The molecule has 0 aromatic heterocycles. The van der Waals surface area contributed by atoms with E-state index in [1.54, 1.807) is 23.9 Å². The number of fused-ring (bicyclic) bond motifs is 1. The molecular formula is C20H20ClFN2O2S2. The summed E-state index contributed by atoms with van der Waals surface area (Å²) >= 11 is 7.58. The number of anilines is 1. The maximum Gasteiger partial charge on any atom is 0.164 e. The second kappa shape index (κ2) is 8.05. The van der Waals surface area contributed by atoms with Crippen LogP contribution in [-0.4, -0.2) is 42.9 Å². The first-order valence-electron chi connectivity index (χ1n) is 9.12. The maximum atomic E-state index is 13.6. The highest BCUT2D eigenvalue weighted by atomic mass is 35.5. The fraction of sp³-hybridized carbons (Fsp3) is 0.350. The minimum atomic E-state index is -3.11. The summed E-state index contributed by atoms with van der Waals surface area (Å²) in [7, 11) is -3.11. The van der Waals surface area contributed by atoms with Gasteiger partial charge < -0.3 is 4.90 Å². The summed E-state index contributed by atoms with van der Waals surface area (Å²) in [6.45, 7) is 0. The van der Waals surface area contributed by atoms with Gasteiger partial charge in [0.15, 0.2) is 15.0 Å². The van der Waals surface area contributed by atoms with Crippen LogP contribution in [0.3, 0.4) is 0 Å². The minimum absolute atomic E-state index is 0.0234. The Hall–Kier alpha value is -1.57. The topological polar surface area (TPSA) is 49.7 Å². The number of aliphatic imine (C=N–C) groups is 1. The zero-order valence-corrected chi connectivity index (χ0v) is 17.5. The monoisotopic (exact) mass is 438 g/mol. The molecule has 1 fully saturated rings. The predicted molar refractivity (Wildman–Crippen MR) is 115 cm³/mol. The van der Waals surface area contributed by atoms with E-state index in [1.807, 2.05) is 23.1 Å². The first kappa shape index (κ1) is 19.7. The molecule has 148 valence electrons. The van der Waals surface area contributed by atoms with Gasteiger partial charge >= 0.3 is 0 Å². The molecule has 0 radical (unpaired) electrons. The van der Waals surface area contributed by atoms with Gasteiger partial charge in [-0.15, -0.1) is 0 Å². The van der Waals surface area contributed by atoms with Crippen molar-refractivity contribution < 1.29 is 12.8 Å². The number of nitrogens with zero attached hydrogens (tertiary/aromatic N) is 2. The molecule has 0 saturated carbocycles. The van der Waals surface area contributed by atoms with Crippen molar-refractivity contribution in [2.45, 2.75) is 24.9 Å². The van der Waals surface area contributed by atoms with Crippen molar-refractivity contribution in [3.05, 3.63) is 64.9 Å². The SMILES string of the molecule is O=S1(=O)C[C@@H]2[C@@H](C1)N=C(SCCCc1ccccc1)N2c1ccc(F)c(Cl)c1. The largest absolute Gasteiger partial charge is 0.315 e. The van der Waals surface area contributed by atoms with Crippen LogP contribution in [0.2, 0.25) is 5.02 Å². The average molecular weight is 439 g/mol. The molecule has 0 amide bonds. The van der Waals surface area contributed by atoms with Crippen LogP contribution in [0.4, 0.5) is 10.1 Å². The number of thioether (sulfide) groups is 1. The Bertz CT molecular complexity index is 999. The molecular weight excluding hydrogens is 419 g/mol. The molecule has 1 saturated heterocycles. The molecule has 2 heterocycles. The third-order valence-electron chi connectivity index (χ3n) is 4.97. The molecule has 2 aromatic carbocycles. The average Bonchev–Trinajstić information content (AvgIpc) is 3.13. The van der Waals surface area contributed by atoms with E-state index in [2.05, 4.69) is 17.1 Å². The fourth-order valence-corrected chi connectivity index (χ4v) is 6.73. The van der Waals surface area contributed by atoms with Gasteiger partial charge in [-0.25, -0.2) is 12.8 Å². The minimum Gasteiger partial charge on any atom is -0.315 e. The Morgan fingerprint density at radius 2 is 1.96 bits per heavy atom. The summed E-state index contributed by atoms with van der Waals surface area (Å²) in [5.74, 6) is 0.501. The molecule has 28 heavy (non-hydrogen) atoms. The molecule has 2 aliphatic rings. The van der Waals surface area contributed by atoms with Crippen LogP contribution in [0.5, 0.6) is 0 Å². The number of halogens is 2. The highest BCUT2D eigenvalue weighted by Crippen LogP contribution is 2.36. The van der Waals surface area contributed by atoms with E-state index in [-0.39, 0.29) is 28.6 Å². The van der Waals surface area contributed by atoms with E-state index in [4.69, 9.17) is 11.6 Å². The lowest BCUT2D eigenvalue weighted by Crippen LogP contribution is -2.39. The molecule has 0 bridgehead atoms. The molecule has 2 aliphatic heterocycles. The summed E-state index contributed by atoms with van der Waals surface area (Å²) in [6, 6.07) is 14.3. The summed E-state index contributed by atoms with van der Waals surface area (Å²) in [5.41, 5.74) is 1.98. The van der Waals surface area contributed by atoms with E-state index >= 15 is 0 Å². The van der Waals surface area contributed by atoms with Gasteiger partial charge in [-0.2, -0.15) is 0 Å². The first-order chi connectivity index (χ1) is 13.4. The smallest absolute Gasteiger partial charge is 0.164 e. The maximum absolute atomic E-state index is 13.6. The lowest BCUT2D eigenvalue weighted by atomic mass is 10.1. The number of hydrogen-bond acceptors (Lipinski definition) is 5. The van der Waals surface area contributed by atoms with Crippen LogP contribution in [0, 0.1) is 5.82 Å². The van der Waals surface area contributed by atoms with E-state index in [0.29, 0.717) is 5.69 Å². The van der Waals surface area contributed by atoms with Gasteiger partial charge in [-0.05, 0) is 36.6 Å². The highest BCUT2D eigenvalue weighted by molar-refractivity contribution is 8.14. The van der Waals surface area contributed by atoms with Crippen LogP contribution in [-0.2, 0) is 16.3 Å². The summed E-state index contributed by atoms with van der Waals surface area (Å²) in [5, 5.41) is 0.816. The summed E-state index contributed by atoms with van der Waals surface area (Å²) < 4.78 is 37.8. The van der Waals surface area contributed by atoms with Crippen molar-refractivity contribution in [2.24, 2.45) is 4.99 Å². The Morgan fingerprint density at radius 3 is 2.71 bits per heavy atom. The van der Waals surface area contributed by atoms with Gasteiger partial charge in [0.05, 0.1) is 28.6 Å². The van der Waals surface area contributed by atoms with Crippen LogP contribution >= 0.6 is 23.4 Å². The van der Waals surface area contributed by atoms with Crippen LogP contribution in [0.25, 0.3) is 0 Å². The van der Waals surface area contributed by atoms with Crippen LogP contribution in [0.1, 0.15) is 12.0 Å². The van der Waals surface area contributed by atoms with Gasteiger partial charge in [0.2, 0.25) is 0 Å². The zero-order valence-electron chi connectivity index (χ0n) is 15.1. The predicted octanol–water partition coefficient (Wildman–Crippen LogP) is 4.19. The van der Waals surface area contributed by atoms with Gasteiger partial charge in [-0.3, -0.25) is 4.99 Å². The molecule has 0 spiro atoms. The molecule has 4 rings (SSSR count). The highest BCUT2D eigenvalue weighted by Gasteiger charge is 2.47. The fourth-order valence-electron chi connectivity index (χ4n) is 3.65.